The van der Waals surface area contributed by atoms with Crippen molar-refractivity contribution in [3.05, 3.63) is 33.9 Å². The Morgan fingerprint density at radius 1 is 1.42 bits per heavy atom. The number of aromatic amines is 1. The molecule has 0 saturated carbocycles. The fourth-order valence-electron chi connectivity index (χ4n) is 1.69. The Labute approximate surface area is 110 Å². The van der Waals surface area contributed by atoms with Crippen molar-refractivity contribution in [3.8, 4) is 0 Å². The van der Waals surface area contributed by atoms with Crippen LogP contribution in [-0.4, -0.2) is 27.2 Å². The van der Waals surface area contributed by atoms with Gasteiger partial charge in [0, 0.05) is 17.5 Å². The molecule has 19 heavy (non-hydrogen) atoms. The van der Waals surface area contributed by atoms with Crippen LogP contribution in [0.15, 0.2) is 16.9 Å². The van der Waals surface area contributed by atoms with Gasteiger partial charge < -0.3 is 4.74 Å². The number of fused-ring (bicyclic) bond motifs is 1. The maximum Gasteiger partial charge on any atom is 0.356 e. The fraction of sp³-hybridized carbons (Fsp3) is 0.462. The van der Waals surface area contributed by atoms with Crippen LogP contribution in [0, 0.1) is 0 Å². The molecule has 0 spiro atoms. The summed E-state index contributed by atoms with van der Waals surface area (Å²) in [5.74, 6) is -0.496. The summed E-state index contributed by atoms with van der Waals surface area (Å²) in [5, 5.41) is 2.69. The fourth-order valence-corrected chi connectivity index (χ4v) is 1.69. The zero-order chi connectivity index (χ0) is 14.2. The Hall–Kier alpha value is -2.11. The van der Waals surface area contributed by atoms with Gasteiger partial charge in [-0.05, 0) is 6.92 Å². The minimum absolute atomic E-state index is 0.220. The van der Waals surface area contributed by atoms with Crippen LogP contribution in [0.2, 0.25) is 0 Å². The summed E-state index contributed by atoms with van der Waals surface area (Å²) in [6.07, 6.45) is 0. The molecule has 2 aromatic rings. The van der Waals surface area contributed by atoms with Gasteiger partial charge in [0.1, 0.15) is 5.69 Å². The zero-order valence-corrected chi connectivity index (χ0v) is 11.5. The molecule has 2 aromatic heterocycles. The van der Waals surface area contributed by atoms with Gasteiger partial charge in [-0.15, -0.1) is 0 Å². The number of carbonyl (C=O) groups excluding carboxylic acids is 1. The second kappa shape index (κ2) is 4.53. The van der Waals surface area contributed by atoms with E-state index in [0.717, 1.165) is 0 Å². The van der Waals surface area contributed by atoms with Crippen LogP contribution in [0.25, 0.3) is 5.65 Å². The average molecular weight is 263 g/mol. The lowest BCUT2D eigenvalue weighted by atomic mass is 9.92. The van der Waals surface area contributed by atoms with E-state index in [4.69, 9.17) is 4.74 Å². The molecule has 0 amide bonds. The molecule has 0 unspecified atom stereocenters. The summed E-state index contributed by atoms with van der Waals surface area (Å²) in [7, 11) is 0. The Morgan fingerprint density at radius 3 is 2.68 bits per heavy atom. The number of H-pyrrole nitrogens is 1. The molecule has 2 rings (SSSR count). The summed E-state index contributed by atoms with van der Waals surface area (Å²) in [5.41, 5.74) is 0.852. The highest BCUT2D eigenvalue weighted by molar-refractivity contribution is 5.88. The number of carbonyl (C=O) groups is 1. The topological polar surface area (TPSA) is 76.5 Å². The van der Waals surface area contributed by atoms with Crippen LogP contribution in [0.3, 0.4) is 0 Å². The van der Waals surface area contributed by atoms with Gasteiger partial charge in [-0.25, -0.2) is 14.3 Å². The molecule has 0 saturated heterocycles. The van der Waals surface area contributed by atoms with E-state index in [1.165, 1.54) is 16.6 Å². The van der Waals surface area contributed by atoms with Gasteiger partial charge in [0.15, 0.2) is 5.65 Å². The number of hydrogen-bond acceptors (Lipinski definition) is 4. The molecular weight excluding hydrogens is 246 g/mol. The predicted octanol–water partition coefficient (Wildman–Crippen LogP) is 1.50. The lowest BCUT2D eigenvalue weighted by molar-refractivity contribution is 0.0519. The molecule has 0 aliphatic carbocycles. The van der Waals surface area contributed by atoms with E-state index >= 15 is 0 Å². The molecule has 102 valence electrons. The number of esters is 1. The number of ether oxygens (including phenoxy) is 1. The molecule has 6 heteroatoms. The van der Waals surface area contributed by atoms with Crippen LogP contribution in [0.5, 0.6) is 0 Å². The molecule has 0 atom stereocenters. The number of nitrogens with zero attached hydrogens (tertiary/aromatic N) is 2. The normalized spacial score (nSPS) is 11.8. The van der Waals surface area contributed by atoms with E-state index in [0.29, 0.717) is 11.3 Å². The maximum atomic E-state index is 12.0. The highest BCUT2D eigenvalue weighted by Crippen LogP contribution is 2.19. The first kappa shape index (κ1) is 13.3. The van der Waals surface area contributed by atoms with Crippen molar-refractivity contribution in [2.75, 3.05) is 6.61 Å². The number of aromatic nitrogens is 3. The van der Waals surface area contributed by atoms with E-state index in [1.54, 1.807) is 6.92 Å². The Bertz CT molecular complexity index is 676. The molecular formula is C13H17N3O3. The maximum absolute atomic E-state index is 12.0. The van der Waals surface area contributed by atoms with E-state index in [1.807, 2.05) is 20.8 Å². The van der Waals surface area contributed by atoms with Gasteiger partial charge in [-0.3, -0.25) is 9.89 Å². The Kier molecular flexibility index (Phi) is 3.18. The second-order valence-electron chi connectivity index (χ2n) is 5.31. The minimum Gasteiger partial charge on any atom is -0.461 e. The summed E-state index contributed by atoms with van der Waals surface area (Å²) < 4.78 is 6.12. The van der Waals surface area contributed by atoms with Gasteiger partial charge in [-0.2, -0.15) is 0 Å². The highest BCUT2D eigenvalue weighted by atomic mass is 16.5. The summed E-state index contributed by atoms with van der Waals surface area (Å²) >= 11 is 0. The third-order valence-electron chi connectivity index (χ3n) is 2.71. The van der Waals surface area contributed by atoms with Crippen molar-refractivity contribution >= 4 is 11.6 Å². The molecule has 0 radical (unpaired) electrons. The monoisotopic (exact) mass is 263 g/mol. The molecule has 2 heterocycles. The number of rotatable bonds is 2. The van der Waals surface area contributed by atoms with Crippen molar-refractivity contribution in [1.82, 2.24) is 14.6 Å². The van der Waals surface area contributed by atoms with Crippen molar-refractivity contribution in [1.29, 1.82) is 0 Å². The van der Waals surface area contributed by atoms with Crippen LogP contribution < -0.4 is 5.56 Å². The molecule has 0 fully saturated rings. The van der Waals surface area contributed by atoms with E-state index in [9.17, 15) is 9.59 Å². The molecule has 0 bridgehead atoms. The minimum atomic E-state index is -0.496. The average Bonchev–Trinajstić information content (AvgIpc) is 2.72. The first-order valence-electron chi connectivity index (χ1n) is 6.13. The van der Waals surface area contributed by atoms with E-state index < -0.39 is 5.97 Å². The second-order valence-corrected chi connectivity index (χ2v) is 5.31. The van der Waals surface area contributed by atoms with Crippen molar-refractivity contribution in [2.24, 2.45) is 0 Å². The zero-order valence-electron chi connectivity index (χ0n) is 11.5. The standard InChI is InChI=1S/C13H17N3O3/c1-5-19-12(18)8-6-10-14-9(13(2,3)4)7-11(17)16(10)15-8/h6-7,15H,5H2,1-4H3. The smallest absolute Gasteiger partial charge is 0.356 e. The van der Waals surface area contributed by atoms with E-state index in [-0.39, 0.29) is 23.3 Å². The molecule has 0 aliphatic heterocycles. The molecule has 1 N–H and O–H groups in total. The molecule has 6 nitrogen and oxygen atoms in total. The first-order chi connectivity index (χ1) is 8.82. The largest absolute Gasteiger partial charge is 0.461 e. The summed E-state index contributed by atoms with van der Waals surface area (Å²) in [4.78, 5) is 28.0. The SMILES string of the molecule is CCOC(=O)c1cc2nc(C(C)(C)C)cc(=O)n2[nH]1. The number of nitrogens with one attached hydrogen (secondary N) is 1. The summed E-state index contributed by atoms with van der Waals surface area (Å²) in [6.45, 7) is 7.94. The highest BCUT2D eigenvalue weighted by Gasteiger charge is 2.19. The first-order valence-corrected chi connectivity index (χ1v) is 6.13. The van der Waals surface area contributed by atoms with Gasteiger partial charge in [0.05, 0.1) is 12.3 Å². The Balaban J connectivity index is 2.57. The summed E-state index contributed by atoms with van der Waals surface area (Å²) in [6, 6.07) is 2.99. The number of hydrogen-bond donors (Lipinski definition) is 1. The van der Waals surface area contributed by atoms with Gasteiger partial charge in [0.25, 0.3) is 5.56 Å². The van der Waals surface area contributed by atoms with Crippen LogP contribution in [-0.2, 0) is 10.2 Å². The van der Waals surface area contributed by atoms with Crippen molar-refractivity contribution in [3.63, 3.8) is 0 Å². The van der Waals surface area contributed by atoms with E-state index in [2.05, 4.69) is 10.1 Å². The van der Waals surface area contributed by atoms with Crippen LogP contribution >= 0.6 is 0 Å². The van der Waals surface area contributed by atoms with Crippen LogP contribution in [0.4, 0.5) is 0 Å². The predicted molar refractivity (Wildman–Crippen MR) is 70.5 cm³/mol. The third kappa shape index (κ3) is 2.52. The van der Waals surface area contributed by atoms with Gasteiger partial charge >= 0.3 is 5.97 Å². The quantitative estimate of drug-likeness (QED) is 0.833. The lowest BCUT2D eigenvalue weighted by Gasteiger charge is -2.16. The molecule has 0 aliphatic rings. The lowest BCUT2D eigenvalue weighted by Crippen LogP contribution is -2.22. The van der Waals surface area contributed by atoms with Gasteiger partial charge in [0.2, 0.25) is 0 Å². The molecule has 0 aromatic carbocycles. The van der Waals surface area contributed by atoms with Gasteiger partial charge in [-0.1, -0.05) is 20.8 Å². The Morgan fingerprint density at radius 2 is 2.11 bits per heavy atom. The van der Waals surface area contributed by atoms with Crippen LogP contribution in [0.1, 0.15) is 43.9 Å². The van der Waals surface area contributed by atoms with Crippen molar-refractivity contribution in [2.45, 2.75) is 33.1 Å². The van der Waals surface area contributed by atoms with Crippen molar-refractivity contribution < 1.29 is 9.53 Å². The third-order valence-corrected chi connectivity index (χ3v) is 2.71.